The molecule has 0 saturated carbocycles. The summed E-state index contributed by atoms with van der Waals surface area (Å²) >= 11 is 0. The third-order valence-corrected chi connectivity index (χ3v) is 5.58. The van der Waals surface area contributed by atoms with Crippen molar-refractivity contribution in [3.8, 4) is 29.4 Å². The van der Waals surface area contributed by atoms with Gasteiger partial charge in [-0.3, -0.25) is 5.10 Å². The van der Waals surface area contributed by atoms with Crippen LogP contribution in [0.25, 0.3) is 0 Å². The number of aryl methyl sites for hydroxylation is 1. The molecule has 2 aromatic carbocycles. The predicted octanol–water partition coefficient (Wildman–Crippen LogP) is 3.53. The third-order valence-electron chi connectivity index (χ3n) is 4.45. The first-order valence-corrected chi connectivity index (χ1v) is 11.4. The van der Waals surface area contributed by atoms with E-state index in [9.17, 15) is 8.42 Å². The molecule has 0 amide bonds. The van der Waals surface area contributed by atoms with Crippen LogP contribution >= 0.6 is 0 Å². The average molecular weight is 436 g/mol. The number of hydrogen-bond acceptors (Lipinski definition) is 7. The van der Waals surface area contributed by atoms with Gasteiger partial charge < -0.3 is 9.47 Å². The van der Waals surface area contributed by atoms with Gasteiger partial charge in [-0.2, -0.15) is 15.6 Å². The van der Waals surface area contributed by atoms with E-state index in [1.807, 2.05) is 19.1 Å². The number of nitrogens with zero attached hydrogens (tertiary/aromatic N) is 3. The fourth-order valence-electron chi connectivity index (χ4n) is 2.90. The van der Waals surface area contributed by atoms with Gasteiger partial charge in [0, 0.05) is 12.7 Å². The molecular formula is C22H20N4O4S. The maximum atomic E-state index is 11.5. The lowest BCUT2D eigenvalue weighted by molar-refractivity contribution is 0.318. The minimum Gasteiger partial charge on any atom is -0.493 e. The predicted molar refractivity (Wildman–Crippen MR) is 113 cm³/mol. The number of benzene rings is 2. The highest BCUT2D eigenvalue weighted by Gasteiger charge is 2.16. The van der Waals surface area contributed by atoms with Gasteiger partial charge in [0.2, 0.25) is 0 Å². The first-order chi connectivity index (χ1) is 14.8. The second-order valence-electron chi connectivity index (χ2n) is 6.75. The SMILES string of the molecule is CCc1n[nH]c(CCOc2ccc(S(C)(=O)=O)cc2)c1Oc1cc(C#N)cc(C#N)c1. The summed E-state index contributed by atoms with van der Waals surface area (Å²) in [5.41, 5.74) is 2.09. The molecule has 0 bridgehead atoms. The summed E-state index contributed by atoms with van der Waals surface area (Å²) in [7, 11) is -3.25. The van der Waals surface area contributed by atoms with E-state index in [-0.39, 0.29) is 4.90 Å². The van der Waals surface area contributed by atoms with E-state index in [0.29, 0.717) is 59.2 Å². The van der Waals surface area contributed by atoms with Crippen LogP contribution < -0.4 is 9.47 Å². The Bertz CT molecular complexity index is 1230. The molecule has 0 spiro atoms. The molecule has 1 aromatic heterocycles. The molecule has 0 unspecified atom stereocenters. The monoisotopic (exact) mass is 436 g/mol. The molecule has 0 radical (unpaired) electrons. The smallest absolute Gasteiger partial charge is 0.175 e. The lowest BCUT2D eigenvalue weighted by Gasteiger charge is -2.10. The quantitative estimate of drug-likeness (QED) is 0.572. The van der Waals surface area contributed by atoms with Gasteiger partial charge in [-0.25, -0.2) is 8.42 Å². The van der Waals surface area contributed by atoms with Gasteiger partial charge in [-0.1, -0.05) is 6.92 Å². The molecule has 3 rings (SSSR count). The molecule has 1 N–H and O–H groups in total. The average Bonchev–Trinajstić information content (AvgIpc) is 3.14. The van der Waals surface area contributed by atoms with Crippen LogP contribution in [0.2, 0.25) is 0 Å². The fourth-order valence-corrected chi connectivity index (χ4v) is 3.53. The van der Waals surface area contributed by atoms with Crippen LogP contribution in [-0.4, -0.2) is 31.5 Å². The molecule has 31 heavy (non-hydrogen) atoms. The first kappa shape index (κ1) is 21.9. The Labute approximate surface area is 180 Å². The molecule has 0 atom stereocenters. The normalized spacial score (nSPS) is 10.8. The lowest BCUT2D eigenvalue weighted by atomic mass is 10.1. The van der Waals surface area contributed by atoms with Crippen molar-refractivity contribution >= 4 is 9.84 Å². The molecule has 0 aliphatic heterocycles. The number of rotatable bonds is 8. The van der Waals surface area contributed by atoms with E-state index in [4.69, 9.17) is 20.0 Å². The van der Waals surface area contributed by atoms with Crippen molar-refractivity contribution < 1.29 is 17.9 Å². The summed E-state index contributed by atoms with van der Waals surface area (Å²) in [6, 6.07) is 14.9. The zero-order valence-corrected chi connectivity index (χ0v) is 17.9. The molecule has 0 fully saturated rings. The Hall–Kier alpha value is -3.82. The topological polar surface area (TPSA) is 129 Å². The zero-order chi connectivity index (χ0) is 22.4. The van der Waals surface area contributed by atoms with Crippen LogP contribution in [0.3, 0.4) is 0 Å². The van der Waals surface area contributed by atoms with E-state index < -0.39 is 9.84 Å². The van der Waals surface area contributed by atoms with Crippen molar-refractivity contribution in [2.45, 2.75) is 24.7 Å². The Morgan fingerprint density at radius 1 is 1.03 bits per heavy atom. The molecule has 0 aliphatic carbocycles. The summed E-state index contributed by atoms with van der Waals surface area (Å²) in [4.78, 5) is 0.230. The molecule has 1 heterocycles. The van der Waals surface area contributed by atoms with Crippen LogP contribution in [-0.2, 0) is 22.7 Å². The number of aromatic nitrogens is 2. The van der Waals surface area contributed by atoms with E-state index in [0.717, 1.165) is 6.26 Å². The first-order valence-electron chi connectivity index (χ1n) is 9.46. The standard InChI is InChI=1S/C22H20N4O4S/c1-3-20-22(30-18-11-15(13-23)10-16(12-18)14-24)21(26-25-20)8-9-29-17-4-6-19(7-5-17)31(2,27)28/h4-7,10-12H,3,8-9H2,1-2H3,(H,25,26). The van der Waals surface area contributed by atoms with Gasteiger partial charge >= 0.3 is 0 Å². The van der Waals surface area contributed by atoms with Crippen molar-refractivity contribution in [1.82, 2.24) is 10.2 Å². The number of aromatic amines is 1. The Kier molecular flexibility index (Phi) is 6.58. The summed E-state index contributed by atoms with van der Waals surface area (Å²) in [6.45, 7) is 2.25. The third kappa shape index (κ3) is 5.41. The second kappa shape index (κ2) is 9.33. The molecule has 3 aromatic rings. The Morgan fingerprint density at radius 3 is 2.23 bits per heavy atom. The summed E-state index contributed by atoms with van der Waals surface area (Å²) in [5, 5.41) is 25.6. The summed E-state index contributed by atoms with van der Waals surface area (Å²) in [5.74, 6) is 1.47. The van der Waals surface area contributed by atoms with Crippen molar-refractivity contribution in [3.63, 3.8) is 0 Å². The van der Waals surface area contributed by atoms with Gasteiger partial charge in [0.1, 0.15) is 17.2 Å². The molecule has 158 valence electrons. The van der Waals surface area contributed by atoms with Crippen molar-refractivity contribution in [2.75, 3.05) is 12.9 Å². The van der Waals surface area contributed by atoms with Crippen LogP contribution in [0.15, 0.2) is 47.4 Å². The van der Waals surface area contributed by atoms with Crippen LogP contribution in [0.5, 0.6) is 17.2 Å². The number of hydrogen-bond donors (Lipinski definition) is 1. The highest BCUT2D eigenvalue weighted by atomic mass is 32.2. The van der Waals surface area contributed by atoms with Crippen LogP contribution in [0, 0.1) is 22.7 Å². The minimum absolute atomic E-state index is 0.230. The number of nitrogens with one attached hydrogen (secondary N) is 1. The number of ether oxygens (including phenoxy) is 2. The molecule has 0 saturated heterocycles. The highest BCUT2D eigenvalue weighted by molar-refractivity contribution is 7.90. The molecule has 0 aliphatic rings. The van der Waals surface area contributed by atoms with Crippen LogP contribution in [0.1, 0.15) is 29.4 Å². The maximum absolute atomic E-state index is 11.5. The van der Waals surface area contributed by atoms with E-state index in [2.05, 4.69) is 10.2 Å². The molecule has 9 heteroatoms. The van der Waals surface area contributed by atoms with E-state index in [1.165, 1.54) is 18.2 Å². The van der Waals surface area contributed by atoms with Gasteiger partial charge in [0.05, 0.1) is 40.5 Å². The maximum Gasteiger partial charge on any atom is 0.175 e. The summed E-state index contributed by atoms with van der Waals surface area (Å²) < 4.78 is 34.8. The number of nitriles is 2. The molecule has 8 nitrogen and oxygen atoms in total. The van der Waals surface area contributed by atoms with Crippen molar-refractivity contribution in [2.24, 2.45) is 0 Å². The summed E-state index contributed by atoms with van der Waals surface area (Å²) in [6.07, 6.45) is 2.24. The fraction of sp³-hybridized carbons (Fsp3) is 0.227. The van der Waals surface area contributed by atoms with Crippen LogP contribution in [0.4, 0.5) is 0 Å². The van der Waals surface area contributed by atoms with Crippen molar-refractivity contribution in [3.05, 3.63) is 65.0 Å². The number of H-pyrrole nitrogens is 1. The zero-order valence-electron chi connectivity index (χ0n) is 17.0. The van der Waals surface area contributed by atoms with Gasteiger partial charge in [0.25, 0.3) is 0 Å². The minimum atomic E-state index is -3.25. The number of sulfone groups is 1. The van der Waals surface area contributed by atoms with Crippen molar-refractivity contribution in [1.29, 1.82) is 10.5 Å². The second-order valence-corrected chi connectivity index (χ2v) is 8.76. The van der Waals surface area contributed by atoms with E-state index >= 15 is 0 Å². The van der Waals surface area contributed by atoms with Gasteiger partial charge in [-0.05, 0) is 48.9 Å². The van der Waals surface area contributed by atoms with Gasteiger partial charge in [0.15, 0.2) is 15.6 Å². The Balaban J connectivity index is 1.73. The van der Waals surface area contributed by atoms with Gasteiger partial charge in [-0.15, -0.1) is 0 Å². The van der Waals surface area contributed by atoms with E-state index in [1.54, 1.807) is 24.3 Å². The largest absolute Gasteiger partial charge is 0.493 e. The molecular weight excluding hydrogens is 416 g/mol. The Morgan fingerprint density at radius 2 is 1.68 bits per heavy atom. The lowest BCUT2D eigenvalue weighted by Crippen LogP contribution is -2.04. The highest BCUT2D eigenvalue weighted by Crippen LogP contribution is 2.30.